The van der Waals surface area contributed by atoms with Crippen molar-refractivity contribution in [3.63, 3.8) is 0 Å². The number of aryl methyl sites for hydroxylation is 2. The van der Waals surface area contributed by atoms with Crippen LogP contribution in [0.2, 0.25) is 0 Å². The number of benzene rings is 3. The maximum atomic E-state index is 13.8. The molecule has 0 fully saturated rings. The quantitative estimate of drug-likeness (QED) is 0.376. The van der Waals surface area contributed by atoms with Gasteiger partial charge >= 0.3 is 6.09 Å². The van der Waals surface area contributed by atoms with E-state index in [2.05, 4.69) is 9.88 Å². The van der Waals surface area contributed by atoms with Crippen molar-refractivity contribution in [3.05, 3.63) is 89.5 Å². The summed E-state index contributed by atoms with van der Waals surface area (Å²) in [5, 5.41) is 3.50. The van der Waals surface area contributed by atoms with Crippen LogP contribution in [0, 0.1) is 19.7 Å². The number of rotatable bonds is 4. The topological polar surface area (TPSA) is 85.4 Å². The second kappa shape index (κ2) is 9.13. The molecular weight excluding hydrogens is 445 g/mol. The third-order valence-corrected chi connectivity index (χ3v) is 6.07. The van der Waals surface area contributed by atoms with Gasteiger partial charge in [-0.05, 0) is 74.0 Å². The zero-order valence-corrected chi connectivity index (χ0v) is 19.6. The molecule has 5 rings (SSSR count). The Labute approximate surface area is 203 Å². The number of aromatic nitrogens is 2. The monoisotopic (exact) mass is 471 g/mol. The zero-order valence-electron chi connectivity index (χ0n) is 19.6. The molecule has 2 heterocycles. The number of fused-ring (bicyclic) bond motifs is 1. The van der Waals surface area contributed by atoms with Crippen LogP contribution in [0.5, 0.6) is 5.75 Å². The summed E-state index contributed by atoms with van der Waals surface area (Å²) >= 11 is 0. The minimum absolute atomic E-state index is 0.288. The number of hydrogen-bond acceptors (Lipinski definition) is 5. The molecule has 4 aromatic rings. The van der Waals surface area contributed by atoms with Crippen LogP contribution in [0.1, 0.15) is 17.0 Å². The lowest BCUT2D eigenvalue weighted by Gasteiger charge is -2.28. The standard InChI is InChI=1S/C27H26FN5O2/c1-17-3-8-21(9-4-17)30-26-25(23-12-5-19(28)15-18(23)2)31-24-16-32(13-14-33(24)26)27(34)35-22-10-6-20(29)7-11-22/h3-12,15,30H,13-14,16,29H2,1-2H3. The van der Waals surface area contributed by atoms with Crippen LogP contribution in [-0.4, -0.2) is 27.1 Å². The van der Waals surface area contributed by atoms with Crippen LogP contribution < -0.4 is 15.8 Å². The molecule has 3 N–H and O–H groups in total. The molecule has 0 atom stereocenters. The lowest BCUT2D eigenvalue weighted by molar-refractivity contribution is 0.138. The molecule has 0 unspecified atom stereocenters. The van der Waals surface area contributed by atoms with E-state index in [9.17, 15) is 9.18 Å². The highest BCUT2D eigenvalue weighted by Crippen LogP contribution is 2.35. The van der Waals surface area contributed by atoms with E-state index in [1.165, 1.54) is 12.1 Å². The molecule has 1 aliphatic heterocycles. The summed E-state index contributed by atoms with van der Waals surface area (Å²) in [5.41, 5.74) is 10.7. The van der Waals surface area contributed by atoms with Crippen molar-refractivity contribution in [1.82, 2.24) is 14.5 Å². The largest absolute Gasteiger partial charge is 0.415 e. The summed E-state index contributed by atoms with van der Waals surface area (Å²) in [6.07, 6.45) is -0.448. The SMILES string of the molecule is Cc1ccc(Nc2c(-c3ccc(F)cc3C)nc3n2CCN(C(=O)Oc2ccc(N)cc2)C3)cc1. The molecule has 7 nitrogen and oxygen atoms in total. The van der Waals surface area contributed by atoms with Gasteiger partial charge in [0.05, 0.1) is 6.54 Å². The average Bonchev–Trinajstić information content (AvgIpc) is 3.19. The van der Waals surface area contributed by atoms with Crippen LogP contribution in [0.15, 0.2) is 66.7 Å². The first-order chi connectivity index (χ1) is 16.9. The van der Waals surface area contributed by atoms with Crippen LogP contribution in [-0.2, 0) is 13.1 Å². The Morgan fingerprint density at radius 1 is 1.03 bits per heavy atom. The Hall–Kier alpha value is -4.33. The molecule has 0 spiro atoms. The van der Waals surface area contributed by atoms with Crippen molar-refractivity contribution >= 4 is 23.3 Å². The average molecular weight is 472 g/mol. The summed E-state index contributed by atoms with van der Waals surface area (Å²) in [5.74, 6) is 1.67. The predicted molar refractivity (Wildman–Crippen MR) is 134 cm³/mol. The molecule has 1 amide bonds. The number of anilines is 3. The van der Waals surface area contributed by atoms with E-state index in [0.717, 1.165) is 34.0 Å². The Balaban J connectivity index is 1.47. The van der Waals surface area contributed by atoms with Crippen LogP contribution in [0.3, 0.4) is 0 Å². The highest BCUT2D eigenvalue weighted by atomic mass is 19.1. The van der Waals surface area contributed by atoms with Crippen LogP contribution >= 0.6 is 0 Å². The van der Waals surface area contributed by atoms with Gasteiger partial charge in [-0.2, -0.15) is 0 Å². The number of amides is 1. The lowest BCUT2D eigenvalue weighted by Crippen LogP contribution is -2.40. The first kappa shape index (κ1) is 22.5. The number of halogens is 1. The summed E-state index contributed by atoms with van der Waals surface area (Å²) in [6.45, 7) is 5.18. The third kappa shape index (κ3) is 4.68. The van der Waals surface area contributed by atoms with E-state index in [1.54, 1.807) is 35.2 Å². The number of nitrogens with two attached hydrogens (primary N) is 1. The number of hydrogen-bond donors (Lipinski definition) is 2. The van der Waals surface area contributed by atoms with Crippen LogP contribution in [0.25, 0.3) is 11.3 Å². The van der Waals surface area contributed by atoms with Gasteiger partial charge in [0.15, 0.2) is 0 Å². The van der Waals surface area contributed by atoms with Gasteiger partial charge < -0.3 is 20.4 Å². The highest BCUT2D eigenvalue weighted by molar-refractivity contribution is 5.79. The fourth-order valence-electron chi connectivity index (χ4n) is 4.17. The summed E-state index contributed by atoms with van der Waals surface area (Å²) in [4.78, 5) is 19.3. The van der Waals surface area contributed by atoms with E-state index < -0.39 is 6.09 Å². The molecule has 0 aliphatic carbocycles. The summed E-state index contributed by atoms with van der Waals surface area (Å²) in [7, 11) is 0. The van der Waals surface area contributed by atoms with Crippen molar-refractivity contribution < 1.29 is 13.9 Å². The zero-order chi connectivity index (χ0) is 24.5. The van der Waals surface area contributed by atoms with Crippen LogP contribution in [0.4, 0.5) is 26.4 Å². The summed E-state index contributed by atoms with van der Waals surface area (Å²) < 4.78 is 21.4. The molecule has 0 saturated heterocycles. The minimum Gasteiger partial charge on any atom is -0.410 e. The van der Waals surface area contributed by atoms with Gasteiger partial charge in [-0.25, -0.2) is 14.2 Å². The minimum atomic E-state index is -0.448. The van der Waals surface area contributed by atoms with E-state index in [4.69, 9.17) is 15.5 Å². The first-order valence-electron chi connectivity index (χ1n) is 11.4. The summed E-state index contributed by atoms with van der Waals surface area (Å²) in [6, 6.07) is 19.5. The molecule has 0 radical (unpaired) electrons. The molecule has 1 aromatic heterocycles. The molecule has 0 saturated carbocycles. The molecule has 178 valence electrons. The molecule has 3 aromatic carbocycles. The van der Waals surface area contributed by atoms with Crippen molar-refractivity contribution in [1.29, 1.82) is 0 Å². The van der Waals surface area contributed by atoms with Crippen molar-refractivity contribution in [2.24, 2.45) is 0 Å². The first-order valence-corrected chi connectivity index (χ1v) is 11.4. The molecular formula is C27H26FN5O2. The Kier molecular flexibility index (Phi) is 5.86. The van der Waals surface area contributed by atoms with Gasteiger partial charge in [-0.15, -0.1) is 0 Å². The highest BCUT2D eigenvalue weighted by Gasteiger charge is 2.28. The predicted octanol–water partition coefficient (Wildman–Crippen LogP) is 5.65. The van der Waals surface area contributed by atoms with E-state index in [0.29, 0.717) is 30.2 Å². The fraction of sp³-hybridized carbons (Fsp3) is 0.185. The Morgan fingerprint density at radius 2 is 1.77 bits per heavy atom. The van der Waals surface area contributed by atoms with Gasteiger partial charge in [0.1, 0.15) is 28.9 Å². The molecule has 0 bridgehead atoms. The van der Waals surface area contributed by atoms with E-state index in [1.807, 2.05) is 38.1 Å². The van der Waals surface area contributed by atoms with Gasteiger partial charge in [0, 0.05) is 30.0 Å². The smallest absolute Gasteiger partial charge is 0.410 e. The van der Waals surface area contributed by atoms with Crippen molar-refractivity contribution in [3.8, 4) is 17.0 Å². The number of imidazole rings is 1. The van der Waals surface area contributed by atoms with E-state index in [-0.39, 0.29) is 12.4 Å². The normalized spacial score (nSPS) is 12.8. The number of nitrogens with zero attached hydrogens (tertiary/aromatic N) is 3. The van der Waals surface area contributed by atoms with Gasteiger partial charge in [-0.3, -0.25) is 4.90 Å². The number of carbonyl (C=O) groups excluding carboxylic acids is 1. The second-order valence-electron chi connectivity index (χ2n) is 8.69. The molecule has 1 aliphatic rings. The second-order valence-corrected chi connectivity index (χ2v) is 8.69. The van der Waals surface area contributed by atoms with Crippen molar-refractivity contribution in [2.75, 3.05) is 17.6 Å². The number of nitrogen functional groups attached to an aromatic ring is 1. The molecule has 8 heteroatoms. The van der Waals surface area contributed by atoms with Gasteiger partial charge in [0.2, 0.25) is 0 Å². The third-order valence-electron chi connectivity index (χ3n) is 6.07. The molecule has 35 heavy (non-hydrogen) atoms. The number of nitrogens with one attached hydrogen (secondary N) is 1. The number of ether oxygens (including phenoxy) is 1. The fourth-order valence-corrected chi connectivity index (χ4v) is 4.17. The van der Waals surface area contributed by atoms with Crippen molar-refractivity contribution in [2.45, 2.75) is 26.9 Å². The maximum absolute atomic E-state index is 13.8. The maximum Gasteiger partial charge on any atom is 0.415 e. The number of carbonyl (C=O) groups is 1. The van der Waals surface area contributed by atoms with E-state index >= 15 is 0 Å². The van der Waals surface area contributed by atoms with Gasteiger partial charge in [-0.1, -0.05) is 17.7 Å². The van der Waals surface area contributed by atoms with Gasteiger partial charge in [0.25, 0.3) is 0 Å². The lowest BCUT2D eigenvalue weighted by atomic mass is 10.1. The Morgan fingerprint density at radius 3 is 2.49 bits per heavy atom. The Bertz CT molecular complexity index is 1380.